The van der Waals surface area contributed by atoms with Crippen molar-refractivity contribution in [3.8, 4) is 0 Å². The third kappa shape index (κ3) is 2.84. The number of aryl methyl sites for hydroxylation is 1. The summed E-state index contributed by atoms with van der Waals surface area (Å²) in [4.78, 5) is 0. The predicted octanol–water partition coefficient (Wildman–Crippen LogP) is 2.13. The molecule has 0 spiro atoms. The molecule has 0 fully saturated rings. The fourth-order valence-corrected chi connectivity index (χ4v) is 2.01. The quantitative estimate of drug-likeness (QED) is 0.822. The first kappa shape index (κ1) is 11.2. The standard InChI is InChI=1S/C11H13N3OS/c1-8-13-14-11(15-8)16-7-10-4-2-9(6-12)3-5-10/h2-5H,6-7,12H2,1H3. The average Bonchev–Trinajstić information content (AvgIpc) is 2.73. The van der Waals surface area contributed by atoms with Crippen molar-refractivity contribution in [2.75, 3.05) is 0 Å². The van der Waals surface area contributed by atoms with Gasteiger partial charge in [-0.3, -0.25) is 0 Å². The lowest BCUT2D eigenvalue weighted by molar-refractivity contribution is 0.429. The van der Waals surface area contributed by atoms with Gasteiger partial charge in [0.1, 0.15) is 0 Å². The van der Waals surface area contributed by atoms with E-state index in [1.54, 1.807) is 6.92 Å². The minimum atomic E-state index is 0.580. The van der Waals surface area contributed by atoms with Crippen LogP contribution < -0.4 is 5.73 Å². The molecule has 0 aliphatic heterocycles. The number of nitrogens with zero attached hydrogens (tertiary/aromatic N) is 2. The van der Waals surface area contributed by atoms with Crippen LogP contribution in [0.15, 0.2) is 33.9 Å². The average molecular weight is 235 g/mol. The first-order valence-electron chi connectivity index (χ1n) is 4.98. The molecule has 1 aromatic carbocycles. The van der Waals surface area contributed by atoms with Crippen molar-refractivity contribution < 1.29 is 4.42 Å². The molecule has 2 N–H and O–H groups in total. The molecule has 0 atom stereocenters. The molecule has 84 valence electrons. The molecule has 1 aromatic heterocycles. The zero-order valence-corrected chi connectivity index (χ0v) is 9.83. The second kappa shape index (κ2) is 5.14. The van der Waals surface area contributed by atoms with E-state index >= 15 is 0 Å². The van der Waals surface area contributed by atoms with Crippen LogP contribution >= 0.6 is 11.8 Å². The highest BCUT2D eigenvalue weighted by atomic mass is 32.2. The van der Waals surface area contributed by atoms with Gasteiger partial charge in [0, 0.05) is 19.2 Å². The molecule has 0 saturated heterocycles. The Hall–Kier alpha value is -1.33. The Kier molecular flexibility index (Phi) is 3.58. The number of thioether (sulfide) groups is 1. The van der Waals surface area contributed by atoms with Crippen LogP contribution in [0.25, 0.3) is 0 Å². The highest BCUT2D eigenvalue weighted by Crippen LogP contribution is 2.21. The van der Waals surface area contributed by atoms with Crippen molar-refractivity contribution in [3.63, 3.8) is 0 Å². The van der Waals surface area contributed by atoms with E-state index in [-0.39, 0.29) is 0 Å². The first-order valence-corrected chi connectivity index (χ1v) is 5.97. The maximum Gasteiger partial charge on any atom is 0.276 e. The zero-order chi connectivity index (χ0) is 11.4. The minimum Gasteiger partial charge on any atom is -0.416 e. The van der Waals surface area contributed by atoms with Gasteiger partial charge < -0.3 is 10.2 Å². The fraction of sp³-hybridized carbons (Fsp3) is 0.273. The number of benzene rings is 1. The van der Waals surface area contributed by atoms with E-state index in [0.29, 0.717) is 17.7 Å². The Bertz CT molecular complexity index is 453. The number of rotatable bonds is 4. The second-order valence-electron chi connectivity index (χ2n) is 3.40. The highest BCUT2D eigenvalue weighted by Gasteiger charge is 2.03. The molecule has 0 saturated carbocycles. The van der Waals surface area contributed by atoms with Gasteiger partial charge >= 0.3 is 0 Å². The van der Waals surface area contributed by atoms with Crippen LogP contribution in [-0.4, -0.2) is 10.2 Å². The summed E-state index contributed by atoms with van der Waals surface area (Å²) in [5, 5.41) is 8.30. The molecule has 2 aromatic rings. The number of aromatic nitrogens is 2. The maximum atomic E-state index is 5.53. The van der Waals surface area contributed by atoms with Crippen LogP contribution in [0, 0.1) is 6.92 Å². The summed E-state index contributed by atoms with van der Waals surface area (Å²) in [5.74, 6) is 1.42. The zero-order valence-electron chi connectivity index (χ0n) is 9.01. The minimum absolute atomic E-state index is 0.580. The maximum absolute atomic E-state index is 5.53. The molecule has 0 aliphatic carbocycles. The molecule has 0 unspecified atom stereocenters. The van der Waals surface area contributed by atoms with Crippen LogP contribution in [0.2, 0.25) is 0 Å². The third-order valence-electron chi connectivity index (χ3n) is 2.13. The Morgan fingerprint density at radius 1 is 1.19 bits per heavy atom. The van der Waals surface area contributed by atoms with Gasteiger partial charge in [0.05, 0.1) is 0 Å². The lowest BCUT2D eigenvalue weighted by atomic mass is 10.1. The second-order valence-corrected chi connectivity index (χ2v) is 4.32. The SMILES string of the molecule is Cc1nnc(SCc2ccc(CN)cc2)o1. The number of nitrogens with two attached hydrogens (primary N) is 1. The molecule has 16 heavy (non-hydrogen) atoms. The smallest absolute Gasteiger partial charge is 0.276 e. The van der Waals surface area contributed by atoms with Crippen molar-refractivity contribution in [1.82, 2.24) is 10.2 Å². The van der Waals surface area contributed by atoms with Gasteiger partial charge in [-0.15, -0.1) is 10.2 Å². The monoisotopic (exact) mass is 235 g/mol. The Labute approximate surface area is 98.2 Å². The summed E-state index contributed by atoms with van der Waals surface area (Å²) in [7, 11) is 0. The first-order chi connectivity index (χ1) is 7.78. The molecule has 2 rings (SSSR count). The summed E-state index contributed by atoms with van der Waals surface area (Å²) in [5.41, 5.74) is 7.89. The normalized spacial score (nSPS) is 10.6. The summed E-state index contributed by atoms with van der Waals surface area (Å²) >= 11 is 1.54. The van der Waals surface area contributed by atoms with Crippen molar-refractivity contribution >= 4 is 11.8 Å². The Morgan fingerprint density at radius 3 is 2.44 bits per heavy atom. The van der Waals surface area contributed by atoms with Crippen LogP contribution in [-0.2, 0) is 12.3 Å². The van der Waals surface area contributed by atoms with E-state index in [9.17, 15) is 0 Å². The summed E-state index contributed by atoms with van der Waals surface area (Å²) < 4.78 is 5.27. The molecular weight excluding hydrogens is 222 g/mol. The summed E-state index contributed by atoms with van der Waals surface area (Å²) in [6.07, 6.45) is 0. The molecule has 0 bridgehead atoms. The lowest BCUT2D eigenvalue weighted by Gasteiger charge is -2.00. The number of hydrogen-bond donors (Lipinski definition) is 1. The summed E-state index contributed by atoms with van der Waals surface area (Å²) in [6, 6.07) is 8.21. The van der Waals surface area contributed by atoms with Gasteiger partial charge in [0.2, 0.25) is 5.89 Å². The van der Waals surface area contributed by atoms with Gasteiger partial charge in [-0.25, -0.2) is 0 Å². The highest BCUT2D eigenvalue weighted by molar-refractivity contribution is 7.98. The van der Waals surface area contributed by atoms with E-state index in [0.717, 1.165) is 11.3 Å². The molecular formula is C11H13N3OS. The van der Waals surface area contributed by atoms with E-state index < -0.39 is 0 Å². The fourth-order valence-electron chi connectivity index (χ4n) is 1.25. The largest absolute Gasteiger partial charge is 0.416 e. The Balaban J connectivity index is 1.94. The topological polar surface area (TPSA) is 64.9 Å². The third-order valence-corrected chi connectivity index (χ3v) is 3.02. The van der Waals surface area contributed by atoms with Gasteiger partial charge in [0.25, 0.3) is 5.22 Å². The van der Waals surface area contributed by atoms with Crippen molar-refractivity contribution in [2.45, 2.75) is 24.4 Å². The van der Waals surface area contributed by atoms with Crippen LogP contribution in [0.3, 0.4) is 0 Å². The van der Waals surface area contributed by atoms with Gasteiger partial charge in [-0.05, 0) is 11.1 Å². The predicted molar refractivity (Wildman–Crippen MR) is 62.9 cm³/mol. The van der Waals surface area contributed by atoms with Crippen molar-refractivity contribution in [2.24, 2.45) is 5.73 Å². The van der Waals surface area contributed by atoms with Gasteiger partial charge in [0.15, 0.2) is 0 Å². The van der Waals surface area contributed by atoms with Crippen LogP contribution in [0.5, 0.6) is 0 Å². The van der Waals surface area contributed by atoms with E-state index in [1.165, 1.54) is 17.3 Å². The van der Waals surface area contributed by atoms with E-state index in [1.807, 2.05) is 12.1 Å². The summed E-state index contributed by atoms with van der Waals surface area (Å²) in [6.45, 7) is 2.36. The van der Waals surface area contributed by atoms with Gasteiger partial charge in [-0.2, -0.15) is 0 Å². The molecule has 0 amide bonds. The van der Waals surface area contributed by atoms with E-state index in [2.05, 4.69) is 22.3 Å². The van der Waals surface area contributed by atoms with Gasteiger partial charge in [-0.1, -0.05) is 36.0 Å². The van der Waals surface area contributed by atoms with Crippen LogP contribution in [0.4, 0.5) is 0 Å². The molecule has 4 nitrogen and oxygen atoms in total. The van der Waals surface area contributed by atoms with Crippen LogP contribution in [0.1, 0.15) is 17.0 Å². The van der Waals surface area contributed by atoms with Crippen molar-refractivity contribution in [3.05, 3.63) is 41.3 Å². The molecule has 0 aliphatic rings. The molecule has 1 heterocycles. The Morgan fingerprint density at radius 2 is 1.88 bits per heavy atom. The van der Waals surface area contributed by atoms with E-state index in [4.69, 9.17) is 10.2 Å². The van der Waals surface area contributed by atoms with Crippen molar-refractivity contribution in [1.29, 1.82) is 0 Å². The lowest BCUT2D eigenvalue weighted by Crippen LogP contribution is -1.95. The molecule has 5 heteroatoms. The molecule has 0 radical (unpaired) electrons. The number of hydrogen-bond acceptors (Lipinski definition) is 5.